The summed E-state index contributed by atoms with van der Waals surface area (Å²) in [6, 6.07) is 9.84. The maximum Gasteiger partial charge on any atom is 0.335 e. The zero-order valence-corrected chi connectivity index (χ0v) is 20.5. The number of carbonyl (C=O) groups is 1. The van der Waals surface area contributed by atoms with Gasteiger partial charge in [0.25, 0.3) is 0 Å². The van der Waals surface area contributed by atoms with Crippen molar-refractivity contribution in [3.05, 3.63) is 81.4 Å². The van der Waals surface area contributed by atoms with Crippen molar-refractivity contribution < 1.29 is 55.1 Å². The highest BCUT2D eigenvalue weighted by Gasteiger charge is 2.32. The fourth-order valence-electron chi connectivity index (χ4n) is 4.34. The van der Waals surface area contributed by atoms with Gasteiger partial charge in [0.2, 0.25) is 0 Å². The van der Waals surface area contributed by atoms with Gasteiger partial charge in [-0.25, -0.2) is 4.79 Å². The lowest BCUT2D eigenvalue weighted by Crippen LogP contribution is -2.31. The highest BCUT2D eigenvalue weighted by molar-refractivity contribution is 5.89. The number of para-hydroxylation sites is 1. The second-order valence-corrected chi connectivity index (χ2v) is 8.46. The zero-order chi connectivity index (χ0) is 28.0. The van der Waals surface area contributed by atoms with Gasteiger partial charge in [0.1, 0.15) is 17.6 Å². The van der Waals surface area contributed by atoms with Crippen LogP contribution >= 0.6 is 0 Å². The molecule has 204 valence electrons. The number of phenols is 2. The maximum atomic E-state index is 11.5. The lowest BCUT2D eigenvalue weighted by molar-refractivity contribution is 0.0695. The molecule has 0 aliphatic rings. The third-order valence-corrected chi connectivity index (χ3v) is 6.24. The van der Waals surface area contributed by atoms with Crippen LogP contribution in [0.4, 0.5) is 0 Å². The second kappa shape index (κ2) is 12.6. The van der Waals surface area contributed by atoms with Crippen LogP contribution in [0.3, 0.4) is 0 Å². The largest absolute Gasteiger partial charge is 0.507 e. The zero-order valence-electron chi connectivity index (χ0n) is 20.5. The van der Waals surface area contributed by atoms with Crippen LogP contribution in [0.2, 0.25) is 0 Å². The van der Waals surface area contributed by atoms with E-state index in [1.54, 1.807) is 6.07 Å². The molecule has 0 bridgehead atoms. The Morgan fingerprint density at radius 2 is 1.42 bits per heavy atom. The average molecular weight is 531 g/mol. The highest BCUT2D eigenvalue weighted by Crippen LogP contribution is 2.42. The molecule has 3 aromatic carbocycles. The number of methoxy groups -OCH3 is 1. The molecule has 2 unspecified atom stereocenters. The third kappa shape index (κ3) is 5.67. The monoisotopic (exact) mass is 530 g/mol. The van der Waals surface area contributed by atoms with Crippen molar-refractivity contribution in [2.24, 2.45) is 0 Å². The average Bonchev–Trinajstić information content (AvgIpc) is 2.93. The number of aromatic carboxylic acids is 1. The van der Waals surface area contributed by atoms with Gasteiger partial charge in [-0.3, -0.25) is 0 Å². The lowest BCUT2D eigenvalue weighted by Gasteiger charge is -2.30. The molecule has 8 N–H and O–H groups in total. The number of hydrogen-bond donors (Lipinski definition) is 8. The van der Waals surface area contributed by atoms with Crippen molar-refractivity contribution in [1.29, 1.82) is 0 Å². The number of benzene rings is 3. The summed E-state index contributed by atoms with van der Waals surface area (Å²) in [6.07, 6.45) is -1.22. The molecule has 3 aromatic rings. The smallest absolute Gasteiger partial charge is 0.335 e. The standard InChI is InChI=1S/C27H30O11/c1-37-21-8-16(27(35)36)7-19(12-31)26(21)38-22(13-32)23(20-4-2-3-14(9-28)25(20)34)15-5-17(10-29)24(33)18(6-15)11-30/h2-8,22-23,28-34H,9-13H2,1H3,(H,35,36). The minimum absolute atomic E-state index is 0.0303. The van der Waals surface area contributed by atoms with Gasteiger partial charge in [-0.1, -0.05) is 18.2 Å². The Hall–Kier alpha value is -3.87. The van der Waals surface area contributed by atoms with Crippen molar-refractivity contribution >= 4 is 5.97 Å². The first-order valence-corrected chi connectivity index (χ1v) is 11.5. The summed E-state index contributed by atoms with van der Waals surface area (Å²) in [5, 5.41) is 80.4. The molecule has 0 fully saturated rings. The topological polar surface area (TPSA) is 197 Å². The molecule has 0 amide bonds. The van der Waals surface area contributed by atoms with Crippen LogP contribution in [0.1, 0.15) is 49.7 Å². The fraction of sp³-hybridized carbons (Fsp3) is 0.296. The molecule has 11 heteroatoms. The number of hydrogen-bond acceptors (Lipinski definition) is 10. The highest BCUT2D eigenvalue weighted by atomic mass is 16.5. The van der Waals surface area contributed by atoms with Crippen LogP contribution in [0.15, 0.2) is 42.5 Å². The molecule has 3 rings (SSSR count). The summed E-state index contributed by atoms with van der Waals surface area (Å²) in [5.74, 6) is -2.97. The predicted molar refractivity (Wildman–Crippen MR) is 133 cm³/mol. The van der Waals surface area contributed by atoms with Crippen LogP contribution < -0.4 is 9.47 Å². The maximum absolute atomic E-state index is 11.5. The van der Waals surface area contributed by atoms with Crippen LogP contribution in [0, 0.1) is 0 Å². The summed E-state index contributed by atoms with van der Waals surface area (Å²) < 4.78 is 11.4. The van der Waals surface area contributed by atoms with Gasteiger partial charge in [-0.15, -0.1) is 0 Å². The molecule has 0 saturated carbocycles. The first-order chi connectivity index (χ1) is 18.2. The van der Waals surface area contributed by atoms with Gasteiger partial charge in [0.15, 0.2) is 11.5 Å². The van der Waals surface area contributed by atoms with E-state index in [4.69, 9.17) is 9.47 Å². The Morgan fingerprint density at radius 3 is 1.92 bits per heavy atom. The molecule has 0 aromatic heterocycles. The van der Waals surface area contributed by atoms with Gasteiger partial charge in [-0.05, 0) is 29.8 Å². The molecule has 0 aliphatic heterocycles. The van der Waals surface area contributed by atoms with Crippen molar-refractivity contribution in [3.8, 4) is 23.0 Å². The van der Waals surface area contributed by atoms with Gasteiger partial charge < -0.3 is 50.3 Å². The van der Waals surface area contributed by atoms with Gasteiger partial charge in [0, 0.05) is 27.8 Å². The fourth-order valence-corrected chi connectivity index (χ4v) is 4.34. The van der Waals surface area contributed by atoms with E-state index in [1.165, 1.54) is 43.5 Å². The van der Waals surface area contributed by atoms with Crippen LogP contribution in [0.25, 0.3) is 0 Å². The van der Waals surface area contributed by atoms with Crippen molar-refractivity contribution in [2.75, 3.05) is 13.7 Å². The summed E-state index contributed by atoms with van der Waals surface area (Å²) in [5.41, 5.74) is 0.767. The number of aliphatic hydroxyl groups excluding tert-OH is 5. The van der Waals surface area contributed by atoms with Gasteiger partial charge in [-0.2, -0.15) is 0 Å². The van der Waals surface area contributed by atoms with Crippen LogP contribution in [-0.2, 0) is 26.4 Å². The minimum Gasteiger partial charge on any atom is -0.507 e. The number of carboxylic acid groups (broad SMARTS) is 1. The quantitative estimate of drug-likeness (QED) is 0.168. The van der Waals surface area contributed by atoms with E-state index in [9.17, 15) is 45.6 Å². The molecule has 0 heterocycles. The molecular formula is C27H30O11. The second-order valence-electron chi connectivity index (χ2n) is 8.46. The van der Waals surface area contributed by atoms with E-state index in [-0.39, 0.29) is 56.4 Å². The van der Waals surface area contributed by atoms with Crippen LogP contribution in [0.5, 0.6) is 23.0 Å². The van der Waals surface area contributed by atoms with Gasteiger partial charge >= 0.3 is 5.97 Å². The molecule has 38 heavy (non-hydrogen) atoms. The number of rotatable bonds is 12. The summed E-state index contributed by atoms with van der Waals surface area (Å²) in [6.45, 7) is -2.93. The first kappa shape index (κ1) is 28.7. The van der Waals surface area contributed by atoms with E-state index in [2.05, 4.69) is 0 Å². The molecule has 0 radical (unpaired) electrons. The Labute approximate surface area is 218 Å². The van der Waals surface area contributed by atoms with Crippen molar-refractivity contribution in [1.82, 2.24) is 0 Å². The van der Waals surface area contributed by atoms with E-state index >= 15 is 0 Å². The Morgan fingerprint density at radius 1 is 0.816 bits per heavy atom. The molecule has 0 spiro atoms. The molecule has 0 aliphatic carbocycles. The predicted octanol–water partition coefficient (Wildman–Crippen LogP) is 1.35. The first-order valence-electron chi connectivity index (χ1n) is 11.5. The molecular weight excluding hydrogens is 500 g/mol. The normalized spacial score (nSPS) is 12.7. The molecule has 0 saturated heterocycles. The summed E-state index contributed by atoms with van der Waals surface area (Å²) in [4.78, 5) is 11.5. The molecule has 11 nitrogen and oxygen atoms in total. The summed E-state index contributed by atoms with van der Waals surface area (Å²) in [7, 11) is 1.28. The Kier molecular flexibility index (Phi) is 9.50. The van der Waals surface area contributed by atoms with Crippen molar-refractivity contribution in [3.63, 3.8) is 0 Å². The Balaban J connectivity index is 2.27. The number of carboxylic acids is 1. The molecule has 2 atom stereocenters. The van der Waals surface area contributed by atoms with Crippen molar-refractivity contribution in [2.45, 2.75) is 38.4 Å². The van der Waals surface area contributed by atoms with Crippen LogP contribution in [-0.4, -0.2) is 66.6 Å². The van der Waals surface area contributed by atoms with E-state index < -0.39 is 51.0 Å². The summed E-state index contributed by atoms with van der Waals surface area (Å²) >= 11 is 0. The number of aromatic hydroxyl groups is 2. The lowest BCUT2D eigenvalue weighted by atomic mass is 9.83. The van der Waals surface area contributed by atoms with E-state index in [0.717, 1.165) is 0 Å². The number of ether oxygens (including phenoxy) is 2. The Bertz CT molecular complexity index is 1240. The van der Waals surface area contributed by atoms with Gasteiger partial charge in [0.05, 0.1) is 51.6 Å². The third-order valence-electron chi connectivity index (χ3n) is 6.24. The minimum atomic E-state index is -1.26. The SMILES string of the molecule is COc1cc(C(=O)O)cc(CO)c1OC(CO)C(c1cc(CO)c(O)c(CO)c1)c1cccc(CO)c1O. The van der Waals surface area contributed by atoms with E-state index in [0.29, 0.717) is 5.56 Å². The van der Waals surface area contributed by atoms with E-state index in [1.807, 2.05) is 0 Å². The number of aliphatic hydroxyl groups is 5.